The molecule has 0 aliphatic carbocycles. The molecule has 0 fully saturated rings. The van der Waals surface area contributed by atoms with Gasteiger partial charge in [-0.05, 0) is 51.4 Å². The molecule has 0 rings (SSSR count). The molecule has 2 N–H and O–H groups in total. The van der Waals surface area contributed by atoms with E-state index in [4.69, 9.17) is 9.05 Å². The number of rotatable bonds is 39. The molecule has 0 spiro atoms. The van der Waals surface area contributed by atoms with Gasteiger partial charge >= 0.3 is 0 Å². The SMILES string of the molecule is CCCCCCC/C=C\C/C=C\CCCCCCCCCCCCCC(=O)NC(COP(=O)([O-])OCC[N+](C)(C)C)C(O)/C=C/CCCCCCCC. The van der Waals surface area contributed by atoms with E-state index in [1.807, 2.05) is 27.2 Å². The van der Waals surface area contributed by atoms with E-state index in [1.165, 1.54) is 122 Å². The molecule has 8 nitrogen and oxygen atoms in total. The van der Waals surface area contributed by atoms with E-state index in [2.05, 4.69) is 43.5 Å². The van der Waals surface area contributed by atoms with E-state index >= 15 is 0 Å². The number of allylic oxidation sites excluding steroid dienone is 5. The predicted octanol–water partition coefficient (Wildman–Crippen LogP) is 11.3. The minimum absolute atomic E-state index is 0.00198. The molecule has 0 heterocycles. The van der Waals surface area contributed by atoms with Gasteiger partial charge in [-0.25, -0.2) is 0 Å². The zero-order valence-corrected chi connectivity index (χ0v) is 36.1. The van der Waals surface area contributed by atoms with Crippen LogP contribution in [0.5, 0.6) is 0 Å². The van der Waals surface area contributed by atoms with Crippen molar-refractivity contribution in [3.05, 3.63) is 36.5 Å². The second-order valence-corrected chi connectivity index (χ2v) is 17.5. The van der Waals surface area contributed by atoms with Crippen LogP contribution in [0.4, 0.5) is 0 Å². The number of likely N-dealkylation sites (N-methyl/N-ethyl adjacent to an activating group) is 1. The maximum absolute atomic E-state index is 12.8. The molecule has 312 valence electrons. The predicted molar refractivity (Wildman–Crippen MR) is 224 cm³/mol. The molecular formula is C44H85N2O6P. The van der Waals surface area contributed by atoms with E-state index in [-0.39, 0.29) is 19.1 Å². The third-order valence-electron chi connectivity index (χ3n) is 9.59. The Morgan fingerprint density at radius 1 is 0.660 bits per heavy atom. The number of hydrogen-bond donors (Lipinski definition) is 2. The van der Waals surface area contributed by atoms with Gasteiger partial charge in [-0.2, -0.15) is 0 Å². The number of carbonyl (C=O) groups excluding carboxylic acids is 1. The summed E-state index contributed by atoms with van der Waals surface area (Å²) >= 11 is 0. The van der Waals surface area contributed by atoms with E-state index in [0.29, 0.717) is 17.4 Å². The molecule has 0 radical (unpaired) electrons. The van der Waals surface area contributed by atoms with Gasteiger partial charge in [-0.1, -0.05) is 166 Å². The molecule has 0 aromatic heterocycles. The summed E-state index contributed by atoms with van der Waals surface area (Å²) in [6.07, 6.45) is 43.5. The first-order valence-corrected chi connectivity index (χ1v) is 23.3. The van der Waals surface area contributed by atoms with Crippen LogP contribution >= 0.6 is 7.82 Å². The van der Waals surface area contributed by atoms with Crippen LogP contribution in [0.15, 0.2) is 36.5 Å². The molecule has 1 amide bonds. The Hall–Kier alpha value is -1.28. The second kappa shape index (κ2) is 36.4. The summed E-state index contributed by atoms with van der Waals surface area (Å²) in [6, 6.07) is -0.883. The zero-order valence-electron chi connectivity index (χ0n) is 35.2. The average molecular weight is 769 g/mol. The maximum atomic E-state index is 12.8. The molecular weight excluding hydrogens is 683 g/mol. The van der Waals surface area contributed by atoms with Gasteiger partial charge in [0, 0.05) is 6.42 Å². The Balaban J connectivity index is 4.20. The molecule has 0 aliphatic heterocycles. The highest BCUT2D eigenvalue weighted by Crippen LogP contribution is 2.38. The van der Waals surface area contributed by atoms with Crippen LogP contribution in [0.2, 0.25) is 0 Å². The molecule has 0 saturated carbocycles. The maximum Gasteiger partial charge on any atom is 0.268 e. The molecule has 0 aliphatic rings. The summed E-state index contributed by atoms with van der Waals surface area (Å²) in [7, 11) is 1.25. The van der Waals surface area contributed by atoms with Gasteiger partial charge in [0.25, 0.3) is 7.82 Å². The first-order valence-electron chi connectivity index (χ1n) is 21.9. The van der Waals surface area contributed by atoms with Crippen molar-refractivity contribution >= 4 is 13.7 Å². The van der Waals surface area contributed by atoms with Gasteiger partial charge in [-0.15, -0.1) is 0 Å². The molecule has 3 unspecified atom stereocenters. The highest BCUT2D eigenvalue weighted by atomic mass is 31.2. The lowest BCUT2D eigenvalue weighted by Crippen LogP contribution is -2.45. The number of phosphoric ester groups is 1. The summed E-state index contributed by atoms with van der Waals surface area (Å²) in [5.74, 6) is -0.204. The van der Waals surface area contributed by atoms with Crippen molar-refractivity contribution in [1.82, 2.24) is 5.32 Å². The van der Waals surface area contributed by atoms with Crippen LogP contribution in [-0.4, -0.2) is 68.5 Å². The van der Waals surface area contributed by atoms with E-state index in [0.717, 1.165) is 44.9 Å². The molecule has 0 aromatic rings. The van der Waals surface area contributed by atoms with Crippen molar-refractivity contribution in [2.45, 2.75) is 199 Å². The zero-order chi connectivity index (χ0) is 39.3. The van der Waals surface area contributed by atoms with E-state index in [9.17, 15) is 19.4 Å². The fourth-order valence-electron chi connectivity index (χ4n) is 6.06. The van der Waals surface area contributed by atoms with Crippen molar-refractivity contribution in [3.8, 4) is 0 Å². The Morgan fingerprint density at radius 2 is 1.09 bits per heavy atom. The summed E-state index contributed by atoms with van der Waals surface area (Å²) in [5.41, 5.74) is 0. The van der Waals surface area contributed by atoms with Crippen molar-refractivity contribution in [3.63, 3.8) is 0 Å². The largest absolute Gasteiger partial charge is 0.756 e. The molecule has 53 heavy (non-hydrogen) atoms. The quantitative estimate of drug-likeness (QED) is 0.0279. The molecule has 0 saturated heterocycles. The number of hydrogen-bond acceptors (Lipinski definition) is 6. The van der Waals surface area contributed by atoms with Crippen LogP contribution in [0.3, 0.4) is 0 Å². The minimum atomic E-state index is -4.58. The number of amides is 1. The van der Waals surface area contributed by atoms with Crippen LogP contribution < -0.4 is 10.2 Å². The highest BCUT2D eigenvalue weighted by molar-refractivity contribution is 7.45. The van der Waals surface area contributed by atoms with Gasteiger partial charge in [0.2, 0.25) is 5.91 Å². The molecule has 0 bridgehead atoms. The standard InChI is InChI=1S/C44H85N2O6P/c1-6-8-10-12-14-16-17-18-19-20-21-22-23-24-25-26-27-28-29-30-32-34-36-38-44(48)45-42(41-52-53(49,50)51-40-39-46(3,4)5)43(47)37-35-33-31-15-13-11-9-7-2/h17-18,20-21,35,37,42-43,47H,6-16,19,22-34,36,38-41H2,1-5H3,(H-,45,48,49,50)/b18-17-,21-20-,37-35+. The van der Waals surface area contributed by atoms with Gasteiger partial charge < -0.3 is 28.8 Å². The lowest BCUT2D eigenvalue weighted by molar-refractivity contribution is -0.870. The number of aliphatic hydroxyl groups is 1. The van der Waals surface area contributed by atoms with Crippen LogP contribution in [0.1, 0.15) is 187 Å². The van der Waals surface area contributed by atoms with Crippen LogP contribution in [0, 0.1) is 0 Å². The van der Waals surface area contributed by atoms with Crippen molar-refractivity contribution in [1.29, 1.82) is 0 Å². The third kappa shape index (κ3) is 38.8. The summed E-state index contributed by atoms with van der Waals surface area (Å²) in [5, 5.41) is 13.7. The number of carbonyl (C=O) groups is 1. The average Bonchev–Trinajstić information content (AvgIpc) is 3.10. The van der Waals surface area contributed by atoms with Crippen molar-refractivity contribution < 1.29 is 32.9 Å². The highest BCUT2D eigenvalue weighted by Gasteiger charge is 2.23. The normalized spacial score (nSPS) is 14.8. The number of aliphatic hydroxyl groups excluding tert-OH is 1. The number of nitrogens with one attached hydrogen (secondary N) is 1. The van der Waals surface area contributed by atoms with Crippen LogP contribution in [0.25, 0.3) is 0 Å². The Labute approximate surface area is 327 Å². The number of quaternary nitrogens is 1. The van der Waals surface area contributed by atoms with Gasteiger partial charge in [0.15, 0.2) is 0 Å². The number of unbranched alkanes of at least 4 members (excludes halogenated alkanes) is 22. The first kappa shape index (κ1) is 51.7. The van der Waals surface area contributed by atoms with Crippen molar-refractivity contribution in [2.24, 2.45) is 0 Å². The topological polar surface area (TPSA) is 108 Å². The Bertz CT molecular complexity index is 964. The van der Waals surface area contributed by atoms with Gasteiger partial charge in [-0.3, -0.25) is 9.36 Å². The third-order valence-corrected chi connectivity index (χ3v) is 10.6. The first-order chi connectivity index (χ1) is 25.5. The summed E-state index contributed by atoms with van der Waals surface area (Å²) in [4.78, 5) is 25.2. The van der Waals surface area contributed by atoms with Crippen molar-refractivity contribution in [2.75, 3.05) is 40.9 Å². The molecule has 3 atom stereocenters. The molecule has 9 heteroatoms. The smallest absolute Gasteiger partial charge is 0.268 e. The monoisotopic (exact) mass is 769 g/mol. The van der Waals surface area contributed by atoms with E-state index in [1.54, 1.807) is 6.08 Å². The number of phosphoric acid groups is 1. The molecule has 0 aromatic carbocycles. The van der Waals surface area contributed by atoms with Crippen LogP contribution in [-0.2, 0) is 18.4 Å². The fourth-order valence-corrected chi connectivity index (χ4v) is 6.79. The summed E-state index contributed by atoms with van der Waals surface area (Å²) < 4.78 is 23.1. The number of nitrogens with zero attached hydrogens (tertiary/aromatic N) is 1. The fraction of sp³-hybridized carbons (Fsp3) is 0.841. The Morgan fingerprint density at radius 3 is 1.57 bits per heavy atom. The van der Waals surface area contributed by atoms with E-state index < -0.39 is 20.0 Å². The Kier molecular flexibility index (Phi) is 35.5. The minimum Gasteiger partial charge on any atom is -0.756 e. The lowest BCUT2D eigenvalue weighted by Gasteiger charge is -2.29. The second-order valence-electron chi connectivity index (χ2n) is 16.0. The lowest BCUT2D eigenvalue weighted by atomic mass is 10.0. The summed E-state index contributed by atoms with van der Waals surface area (Å²) in [6.45, 7) is 4.58. The van der Waals surface area contributed by atoms with Gasteiger partial charge in [0.1, 0.15) is 13.2 Å². The van der Waals surface area contributed by atoms with Gasteiger partial charge in [0.05, 0.1) is 39.9 Å².